The highest BCUT2D eigenvalue weighted by atomic mass is 19.1. The Hall–Kier alpha value is -2.05. The van der Waals surface area contributed by atoms with Crippen LogP contribution in [0.3, 0.4) is 0 Å². The SMILES string of the molecule is CC(C)=C(F)c1nc(-c2n[nH]c(C3CC3)n2)no1. The van der Waals surface area contributed by atoms with Crippen LogP contribution in [0, 0.1) is 0 Å². The number of H-pyrrole nitrogens is 1. The molecular weight excluding hydrogens is 237 g/mol. The lowest BCUT2D eigenvalue weighted by atomic mass is 10.3. The predicted octanol–water partition coefficient (Wildman–Crippen LogP) is 2.45. The summed E-state index contributed by atoms with van der Waals surface area (Å²) in [5.74, 6) is 1.19. The summed E-state index contributed by atoms with van der Waals surface area (Å²) >= 11 is 0. The Morgan fingerprint density at radius 1 is 1.28 bits per heavy atom. The molecule has 1 aliphatic carbocycles. The number of rotatable bonds is 3. The summed E-state index contributed by atoms with van der Waals surface area (Å²) in [5.41, 5.74) is 0.485. The molecule has 18 heavy (non-hydrogen) atoms. The van der Waals surface area contributed by atoms with Crippen LogP contribution in [0.4, 0.5) is 4.39 Å². The van der Waals surface area contributed by atoms with Crippen LogP contribution < -0.4 is 0 Å². The standard InChI is InChI=1S/C11H12FN5O/c1-5(2)7(12)11-14-10(17-18-11)9-13-8(15-16-9)6-3-4-6/h6H,3-4H2,1-2H3,(H,13,15,16). The zero-order chi connectivity index (χ0) is 12.7. The van der Waals surface area contributed by atoms with E-state index in [0.717, 1.165) is 18.7 Å². The fraction of sp³-hybridized carbons (Fsp3) is 0.455. The van der Waals surface area contributed by atoms with E-state index in [4.69, 9.17) is 4.52 Å². The van der Waals surface area contributed by atoms with Crippen LogP contribution in [0.15, 0.2) is 10.1 Å². The van der Waals surface area contributed by atoms with E-state index in [2.05, 4.69) is 25.3 Å². The first-order valence-electron chi connectivity index (χ1n) is 5.75. The minimum Gasteiger partial charge on any atom is -0.331 e. The third-order valence-electron chi connectivity index (χ3n) is 2.72. The molecule has 94 valence electrons. The molecule has 1 N–H and O–H groups in total. The van der Waals surface area contributed by atoms with Gasteiger partial charge in [-0.1, -0.05) is 5.16 Å². The van der Waals surface area contributed by atoms with Gasteiger partial charge in [-0.2, -0.15) is 4.98 Å². The Bertz CT molecular complexity index is 606. The molecule has 2 heterocycles. The molecule has 3 rings (SSSR count). The van der Waals surface area contributed by atoms with E-state index in [1.54, 1.807) is 13.8 Å². The fourth-order valence-electron chi connectivity index (χ4n) is 1.53. The molecule has 2 aromatic heterocycles. The zero-order valence-electron chi connectivity index (χ0n) is 10.1. The maximum Gasteiger partial charge on any atom is 0.287 e. The van der Waals surface area contributed by atoms with Crippen LogP contribution in [0.1, 0.15) is 44.3 Å². The first-order valence-corrected chi connectivity index (χ1v) is 5.75. The van der Waals surface area contributed by atoms with Crippen LogP contribution in [0.25, 0.3) is 17.5 Å². The van der Waals surface area contributed by atoms with Crippen molar-refractivity contribution < 1.29 is 8.91 Å². The molecular formula is C11H12FN5O. The van der Waals surface area contributed by atoms with Gasteiger partial charge in [-0.05, 0) is 32.3 Å². The summed E-state index contributed by atoms with van der Waals surface area (Å²) < 4.78 is 18.4. The fourth-order valence-corrected chi connectivity index (χ4v) is 1.53. The first-order chi connectivity index (χ1) is 8.65. The van der Waals surface area contributed by atoms with Crippen molar-refractivity contribution in [2.24, 2.45) is 0 Å². The second kappa shape index (κ2) is 4.01. The molecule has 0 aromatic carbocycles. The summed E-state index contributed by atoms with van der Waals surface area (Å²) in [4.78, 5) is 8.21. The second-order valence-corrected chi connectivity index (χ2v) is 4.56. The highest BCUT2D eigenvalue weighted by Crippen LogP contribution is 2.38. The third-order valence-corrected chi connectivity index (χ3v) is 2.72. The van der Waals surface area contributed by atoms with Crippen molar-refractivity contribution in [3.63, 3.8) is 0 Å². The Balaban J connectivity index is 1.90. The second-order valence-electron chi connectivity index (χ2n) is 4.56. The van der Waals surface area contributed by atoms with Crippen LogP contribution in [0.5, 0.6) is 0 Å². The quantitative estimate of drug-likeness (QED) is 0.903. The van der Waals surface area contributed by atoms with Crippen molar-refractivity contribution in [3.05, 3.63) is 17.3 Å². The van der Waals surface area contributed by atoms with E-state index in [1.807, 2.05) is 0 Å². The Kier molecular flexibility index (Phi) is 2.46. The molecule has 1 saturated carbocycles. The van der Waals surface area contributed by atoms with Gasteiger partial charge in [-0.3, -0.25) is 5.10 Å². The van der Waals surface area contributed by atoms with E-state index >= 15 is 0 Å². The van der Waals surface area contributed by atoms with Gasteiger partial charge in [0.25, 0.3) is 5.89 Å². The largest absolute Gasteiger partial charge is 0.331 e. The highest BCUT2D eigenvalue weighted by molar-refractivity contribution is 5.55. The van der Waals surface area contributed by atoms with E-state index in [0.29, 0.717) is 17.3 Å². The number of hydrogen-bond acceptors (Lipinski definition) is 5. The molecule has 0 aliphatic heterocycles. The minimum atomic E-state index is -0.508. The van der Waals surface area contributed by atoms with Gasteiger partial charge in [0.05, 0.1) is 0 Å². The summed E-state index contributed by atoms with van der Waals surface area (Å²) in [6.07, 6.45) is 2.25. The van der Waals surface area contributed by atoms with Crippen molar-refractivity contribution >= 4 is 5.83 Å². The Morgan fingerprint density at radius 2 is 2.06 bits per heavy atom. The zero-order valence-corrected chi connectivity index (χ0v) is 10.1. The summed E-state index contributed by atoms with van der Waals surface area (Å²) in [6, 6.07) is 0. The van der Waals surface area contributed by atoms with E-state index in [-0.39, 0.29) is 11.7 Å². The number of nitrogens with one attached hydrogen (secondary N) is 1. The normalized spacial score (nSPS) is 14.8. The number of aromatic nitrogens is 5. The van der Waals surface area contributed by atoms with Crippen molar-refractivity contribution in [3.8, 4) is 11.6 Å². The number of nitrogens with zero attached hydrogens (tertiary/aromatic N) is 4. The molecule has 0 atom stereocenters. The van der Waals surface area contributed by atoms with Crippen molar-refractivity contribution in [1.29, 1.82) is 0 Å². The summed E-state index contributed by atoms with van der Waals surface area (Å²) in [5, 5.41) is 10.5. The van der Waals surface area contributed by atoms with Gasteiger partial charge >= 0.3 is 0 Å². The van der Waals surface area contributed by atoms with Gasteiger partial charge < -0.3 is 4.52 Å². The Labute approximate surface area is 102 Å². The molecule has 0 radical (unpaired) electrons. The van der Waals surface area contributed by atoms with E-state index in [1.165, 1.54) is 0 Å². The average molecular weight is 249 g/mol. The van der Waals surface area contributed by atoms with Gasteiger partial charge in [-0.15, -0.1) is 5.10 Å². The van der Waals surface area contributed by atoms with E-state index < -0.39 is 5.83 Å². The maximum atomic E-state index is 13.6. The summed E-state index contributed by atoms with van der Waals surface area (Å²) in [6.45, 7) is 3.27. The molecule has 0 unspecified atom stereocenters. The molecule has 7 heteroatoms. The van der Waals surface area contributed by atoms with Gasteiger partial charge in [-0.25, -0.2) is 9.37 Å². The van der Waals surface area contributed by atoms with Crippen molar-refractivity contribution in [2.75, 3.05) is 0 Å². The van der Waals surface area contributed by atoms with E-state index in [9.17, 15) is 4.39 Å². The van der Waals surface area contributed by atoms with Gasteiger partial charge in [0.1, 0.15) is 5.82 Å². The number of aromatic amines is 1. The lowest BCUT2D eigenvalue weighted by Crippen LogP contribution is -1.85. The molecule has 2 aromatic rings. The molecule has 1 aliphatic rings. The van der Waals surface area contributed by atoms with Crippen LogP contribution >= 0.6 is 0 Å². The smallest absolute Gasteiger partial charge is 0.287 e. The van der Waals surface area contributed by atoms with Crippen LogP contribution in [-0.4, -0.2) is 25.3 Å². The molecule has 0 spiro atoms. The van der Waals surface area contributed by atoms with Crippen LogP contribution in [0.2, 0.25) is 0 Å². The van der Waals surface area contributed by atoms with Gasteiger partial charge in [0, 0.05) is 5.92 Å². The lowest BCUT2D eigenvalue weighted by Gasteiger charge is -1.89. The van der Waals surface area contributed by atoms with Crippen molar-refractivity contribution in [2.45, 2.75) is 32.6 Å². The number of halogens is 1. The predicted molar refractivity (Wildman–Crippen MR) is 61.0 cm³/mol. The maximum absolute atomic E-state index is 13.6. The molecule has 0 bridgehead atoms. The Morgan fingerprint density at radius 3 is 2.72 bits per heavy atom. The first kappa shape index (κ1) is 11.1. The molecule has 1 fully saturated rings. The van der Waals surface area contributed by atoms with Gasteiger partial charge in [0.15, 0.2) is 5.83 Å². The average Bonchev–Trinajstić information content (AvgIpc) is 2.92. The topological polar surface area (TPSA) is 80.5 Å². The minimum absolute atomic E-state index is 0.136. The van der Waals surface area contributed by atoms with Crippen LogP contribution in [-0.2, 0) is 0 Å². The lowest BCUT2D eigenvalue weighted by molar-refractivity contribution is 0.397. The monoisotopic (exact) mass is 249 g/mol. The molecule has 6 nitrogen and oxygen atoms in total. The molecule has 0 amide bonds. The number of allylic oxidation sites excluding steroid dienone is 1. The number of hydrogen-bond donors (Lipinski definition) is 1. The summed E-state index contributed by atoms with van der Waals surface area (Å²) in [7, 11) is 0. The van der Waals surface area contributed by atoms with Gasteiger partial charge in [0.2, 0.25) is 11.6 Å². The molecule has 0 saturated heterocycles. The highest BCUT2D eigenvalue weighted by Gasteiger charge is 2.28. The van der Waals surface area contributed by atoms with Crippen molar-refractivity contribution in [1.82, 2.24) is 25.3 Å². The third kappa shape index (κ3) is 1.92.